The molecule has 0 atom stereocenters. The Labute approximate surface area is 174 Å². The topological polar surface area (TPSA) is 43.2 Å². The van der Waals surface area contributed by atoms with Gasteiger partial charge in [-0.1, -0.05) is 53.7 Å². The summed E-state index contributed by atoms with van der Waals surface area (Å²) < 4.78 is 7.97. The maximum Gasteiger partial charge on any atom is 0.195 e. The van der Waals surface area contributed by atoms with Gasteiger partial charge in [0, 0.05) is 11.4 Å². The van der Waals surface area contributed by atoms with Crippen LogP contribution >= 0.6 is 23.4 Å². The standard InChI is InChI=1S/C21H23ClN4OS/c22-18-10-4-5-11-19(18)27-14-15-28-21-24-23-20(16-25-12-6-7-13-25)26(21)17-8-2-1-3-9-17/h1-5,8-11H,6-7,12-16H2. The molecule has 0 spiro atoms. The number of aromatic nitrogens is 3. The first-order chi connectivity index (χ1) is 13.8. The minimum absolute atomic E-state index is 0.553. The molecule has 0 unspecified atom stereocenters. The molecular weight excluding hydrogens is 392 g/mol. The van der Waals surface area contributed by atoms with E-state index in [9.17, 15) is 0 Å². The first-order valence-electron chi connectivity index (χ1n) is 9.53. The second kappa shape index (κ2) is 9.45. The number of likely N-dealkylation sites (tertiary alicyclic amines) is 1. The van der Waals surface area contributed by atoms with Crippen molar-refractivity contribution in [1.29, 1.82) is 0 Å². The lowest BCUT2D eigenvalue weighted by Crippen LogP contribution is -2.21. The van der Waals surface area contributed by atoms with Gasteiger partial charge in [0.15, 0.2) is 11.0 Å². The zero-order valence-corrected chi connectivity index (χ0v) is 17.2. The van der Waals surface area contributed by atoms with Gasteiger partial charge < -0.3 is 4.74 Å². The second-order valence-corrected chi connectivity index (χ2v) is 8.15. The van der Waals surface area contributed by atoms with Gasteiger partial charge in [-0.2, -0.15) is 0 Å². The zero-order valence-electron chi connectivity index (χ0n) is 15.6. The van der Waals surface area contributed by atoms with Gasteiger partial charge in [-0.25, -0.2) is 0 Å². The molecule has 0 amide bonds. The van der Waals surface area contributed by atoms with Crippen LogP contribution in [-0.4, -0.2) is 45.1 Å². The molecule has 5 nitrogen and oxygen atoms in total. The SMILES string of the molecule is Clc1ccccc1OCCSc1nnc(CN2CCCC2)n1-c1ccccc1. The van der Waals surface area contributed by atoms with Gasteiger partial charge in [-0.05, 0) is 50.2 Å². The molecule has 0 bridgehead atoms. The van der Waals surface area contributed by atoms with Gasteiger partial charge in [0.1, 0.15) is 5.75 Å². The Balaban J connectivity index is 1.45. The quantitative estimate of drug-likeness (QED) is 0.395. The number of benzene rings is 2. The van der Waals surface area contributed by atoms with Crippen LogP contribution < -0.4 is 4.74 Å². The number of para-hydroxylation sites is 2. The summed E-state index contributed by atoms with van der Waals surface area (Å²) in [6.07, 6.45) is 2.53. The van der Waals surface area contributed by atoms with E-state index in [0.717, 1.165) is 42.1 Å². The van der Waals surface area contributed by atoms with Crippen molar-refractivity contribution in [1.82, 2.24) is 19.7 Å². The van der Waals surface area contributed by atoms with Crippen molar-refractivity contribution in [2.24, 2.45) is 0 Å². The van der Waals surface area contributed by atoms with E-state index in [-0.39, 0.29) is 0 Å². The van der Waals surface area contributed by atoms with Gasteiger partial charge in [-0.15, -0.1) is 10.2 Å². The molecule has 1 saturated heterocycles. The van der Waals surface area contributed by atoms with E-state index in [1.807, 2.05) is 42.5 Å². The Morgan fingerprint density at radius 1 is 0.964 bits per heavy atom. The van der Waals surface area contributed by atoms with Crippen LogP contribution in [-0.2, 0) is 6.54 Å². The molecular formula is C21H23ClN4OS. The van der Waals surface area contributed by atoms with E-state index in [4.69, 9.17) is 16.3 Å². The molecule has 2 aromatic carbocycles. The van der Waals surface area contributed by atoms with Crippen LogP contribution in [0.3, 0.4) is 0 Å². The third kappa shape index (κ3) is 4.69. The summed E-state index contributed by atoms with van der Waals surface area (Å²) in [4.78, 5) is 2.44. The summed E-state index contributed by atoms with van der Waals surface area (Å²) in [5.41, 5.74) is 1.09. The fraction of sp³-hybridized carbons (Fsp3) is 0.333. The van der Waals surface area contributed by atoms with Crippen LogP contribution in [0.2, 0.25) is 5.02 Å². The van der Waals surface area contributed by atoms with Gasteiger partial charge in [0.25, 0.3) is 0 Å². The maximum atomic E-state index is 6.15. The molecule has 0 saturated carbocycles. The van der Waals surface area contributed by atoms with Gasteiger partial charge in [0.2, 0.25) is 0 Å². The Bertz CT molecular complexity index is 896. The molecule has 2 heterocycles. The lowest BCUT2D eigenvalue weighted by molar-refractivity contribution is 0.319. The fourth-order valence-electron chi connectivity index (χ4n) is 3.32. The second-order valence-electron chi connectivity index (χ2n) is 6.68. The van der Waals surface area contributed by atoms with E-state index < -0.39 is 0 Å². The maximum absolute atomic E-state index is 6.15. The average molecular weight is 415 g/mol. The average Bonchev–Trinajstić information content (AvgIpc) is 3.37. The smallest absolute Gasteiger partial charge is 0.195 e. The number of rotatable bonds is 8. The summed E-state index contributed by atoms with van der Waals surface area (Å²) in [5, 5.41) is 10.5. The third-order valence-corrected chi connectivity index (χ3v) is 5.89. The summed E-state index contributed by atoms with van der Waals surface area (Å²) in [7, 11) is 0. The molecule has 0 radical (unpaired) electrons. The Kier molecular flexibility index (Phi) is 6.52. The minimum atomic E-state index is 0.553. The van der Waals surface area contributed by atoms with Crippen molar-refractivity contribution >= 4 is 23.4 Å². The van der Waals surface area contributed by atoms with E-state index in [1.54, 1.807) is 11.8 Å². The van der Waals surface area contributed by atoms with Crippen LogP contribution in [0.4, 0.5) is 0 Å². The number of ether oxygens (including phenoxy) is 1. The Morgan fingerprint density at radius 3 is 2.50 bits per heavy atom. The largest absolute Gasteiger partial charge is 0.491 e. The highest BCUT2D eigenvalue weighted by atomic mass is 35.5. The van der Waals surface area contributed by atoms with Gasteiger partial charge in [-0.3, -0.25) is 9.47 Å². The minimum Gasteiger partial charge on any atom is -0.491 e. The van der Waals surface area contributed by atoms with Crippen molar-refractivity contribution in [2.45, 2.75) is 24.5 Å². The van der Waals surface area contributed by atoms with Gasteiger partial charge >= 0.3 is 0 Å². The van der Waals surface area contributed by atoms with E-state index in [1.165, 1.54) is 12.8 Å². The molecule has 3 aromatic rings. The monoisotopic (exact) mass is 414 g/mol. The number of nitrogens with zero attached hydrogens (tertiary/aromatic N) is 4. The van der Waals surface area contributed by atoms with Crippen molar-refractivity contribution in [3.63, 3.8) is 0 Å². The predicted molar refractivity (Wildman–Crippen MR) is 114 cm³/mol. The molecule has 0 N–H and O–H groups in total. The lowest BCUT2D eigenvalue weighted by Gasteiger charge is -2.16. The van der Waals surface area contributed by atoms with E-state index >= 15 is 0 Å². The first-order valence-corrected chi connectivity index (χ1v) is 10.9. The van der Waals surface area contributed by atoms with Crippen LogP contribution in [0.25, 0.3) is 5.69 Å². The van der Waals surface area contributed by atoms with Crippen LogP contribution in [0.15, 0.2) is 59.8 Å². The number of hydrogen-bond acceptors (Lipinski definition) is 5. The summed E-state index contributed by atoms with van der Waals surface area (Å²) in [6, 6.07) is 17.8. The molecule has 1 aromatic heterocycles. The molecule has 1 fully saturated rings. The molecule has 7 heteroatoms. The Morgan fingerprint density at radius 2 is 1.71 bits per heavy atom. The fourth-order valence-corrected chi connectivity index (χ4v) is 4.30. The summed E-state index contributed by atoms with van der Waals surface area (Å²) in [6.45, 7) is 3.65. The Hall–Kier alpha value is -2.02. The molecule has 4 rings (SSSR count). The van der Waals surface area contributed by atoms with Crippen LogP contribution in [0.5, 0.6) is 5.75 Å². The predicted octanol–water partition coefficient (Wildman–Crippen LogP) is 4.69. The van der Waals surface area contributed by atoms with Crippen molar-refractivity contribution in [3.05, 3.63) is 65.4 Å². The normalized spacial score (nSPS) is 14.5. The number of halogens is 1. The van der Waals surface area contributed by atoms with Crippen LogP contribution in [0, 0.1) is 0 Å². The van der Waals surface area contributed by atoms with Crippen LogP contribution in [0.1, 0.15) is 18.7 Å². The van der Waals surface area contributed by atoms with Crippen molar-refractivity contribution in [3.8, 4) is 11.4 Å². The van der Waals surface area contributed by atoms with Gasteiger partial charge in [0.05, 0.1) is 18.2 Å². The zero-order chi connectivity index (χ0) is 19.2. The summed E-state index contributed by atoms with van der Waals surface area (Å²) in [5.74, 6) is 2.46. The van der Waals surface area contributed by atoms with E-state index in [0.29, 0.717) is 17.4 Å². The molecule has 28 heavy (non-hydrogen) atoms. The van der Waals surface area contributed by atoms with Crippen molar-refractivity contribution < 1.29 is 4.74 Å². The molecule has 1 aliphatic heterocycles. The number of hydrogen-bond donors (Lipinski definition) is 0. The highest BCUT2D eigenvalue weighted by Gasteiger charge is 2.19. The van der Waals surface area contributed by atoms with Crippen molar-refractivity contribution in [2.75, 3.05) is 25.4 Å². The molecule has 146 valence electrons. The molecule has 0 aliphatic carbocycles. The molecule has 1 aliphatic rings. The highest BCUT2D eigenvalue weighted by Crippen LogP contribution is 2.26. The number of thioether (sulfide) groups is 1. The highest BCUT2D eigenvalue weighted by molar-refractivity contribution is 7.99. The summed E-state index contributed by atoms with van der Waals surface area (Å²) >= 11 is 7.80. The third-order valence-electron chi connectivity index (χ3n) is 4.69. The van der Waals surface area contributed by atoms with E-state index in [2.05, 4.69) is 31.8 Å². The first kappa shape index (κ1) is 19.3. The lowest BCUT2D eigenvalue weighted by atomic mass is 10.3.